The molecular weight excluding hydrogens is 321 g/mol. The van der Waals surface area contributed by atoms with Gasteiger partial charge >= 0.3 is 0 Å². The van der Waals surface area contributed by atoms with Crippen LogP contribution >= 0.6 is 0 Å². The van der Waals surface area contributed by atoms with Gasteiger partial charge in [0.1, 0.15) is 11.4 Å². The molecule has 1 rings (SSSR count). The lowest BCUT2D eigenvalue weighted by Gasteiger charge is -2.44. The highest BCUT2D eigenvalue weighted by Crippen LogP contribution is 2.46. The normalized spacial score (nSPS) is 15.5. The van der Waals surface area contributed by atoms with E-state index in [0.29, 0.717) is 0 Å². The summed E-state index contributed by atoms with van der Waals surface area (Å²) in [4.78, 5) is 0. The minimum Gasteiger partial charge on any atom is -0.402 e. The molecule has 23 heavy (non-hydrogen) atoms. The molecule has 1 atom stereocenters. The van der Waals surface area contributed by atoms with E-state index in [2.05, 4.69) is 0 Å². The van der Waals surface area contributed by atoms with E-state index in [0.717, 1.165) is 18.1 Å². The van der Waals surface area contributed by atoms with Crippen molar-refractivity contribution in [2.24, 2.45) is 0 Å². The van der Waals surface area contributed by atoms with Gasteiger partial charge in [0, 0.05) is 13.0 Å². The van der Waals surface area contributed by atoms with Gasteiger partial charge in [0.15, 0.2) is 8.32 Å². The Hall–Kier alpha value is -0.853. The van der Waals surface area contributed by atoms with Crippen LogP contribution in [0.2, 0.25) is 18.1 Å². The zero-order chi connectivity index (χ0) is 17.7. The van der Waals surface area contributed by atoms with Crippen LogP contribution in [0, 0.1) is 5.82 Å². The molecule has 0 spiro atoms. The standard InChI is InChI=1S/C17H27F3O2Si/c1-5-23(6-2,7-3)22-16(4,17(19,20)12-13-21)14-8-10-15(18)11-9-14/h8-11,21H,5-7,12-13H2,1-4H3/t16-/m1/s1. The molecule has 6 heteroatoms. The van der Waals surface area contributed by atoms with Crippen LogP contribution in [0.3, 0.4) is 0 Å². The Morgan fingerprint density at radius 1 is 1.04 bits per heavy atom. The zero-order valence-electron chi connectivity index (χ0n) is 14.3. The van der Waals surface area contributed by atoms with E-state index in [1.54, 1.807) is 0 Å². The highest BCUT2D eigenvalue weighted by atomic mass is 28.4. The first kappa shape index (κ1) is 20.2. The third-order valence-corrected chi connectivity index (χ3v) is 9.58. The largest absolute Gasteiger partial charge is 0.402 e. The van der Waals surface area contributed by atoms with Gasteiger partial charge in [-0.15, -0.1) is 0 Å². The van der Waals surface area contributed by atoms with Crippen LogP contribution in [-0.4, -0.2) is 26.0 Å². The Labute approximate surface area is 137 Å². The summed E-state index contributed by atoms with van der Waals surface area (Å²) in [6.07, 6.45) is -0.692. The van der Waals surface area contributed by atoms with Crippen molar-refractivity contribution in [3.63, 3.8) is 0 Å². The van der Waals surface area contributed by atoms with Crippen molar-refractivity contribution < 1.29 is 22.7 Å². The Balaban J connectivity index is 3.39. The number of halogens is 3. The fourth-order valence-corrected chi connectivity index (χ4v) is 5.96. The van der Waals surface area contributed by atoms with Crippen LogP contribution in [-0.2, 0) is 10.0 Å². The molecule has 0 aliphatic carbocycles. The van der Waals surface area contributed by atoms with E-state index >= 15 is 0 Å². The minimum atomic E-state index is -3.25. The fourth-order valence-electron chi connectivity index (χ4n) is 2.89. The van der Waals surface area contributed by atoms with Crippen LogP contribution in [0.1, 0.15) is 39.7 Å². The first-order chi connectivity index (χ1) is 10.7. The fraction of sp³-hybridized carbons (Fsp3) is 0.647. The Morgan fingerprint density at radius 3 is 1.91 bits per heavy atom. The number of aliphatic hydroxyl groups is 1. The summed E-state index contributed by atoms with van der Waals surface area (Å²) < 4.78 is 49.1. The van der Waals surface area contributed by atoms with Gasteiger partial charge in [-0.2, -0.15) is 0 Å². The lowest BCUT2D eigenvalue weighted by Crippen LogP contribution is -2.53. The van der Waals surface area contributed by atoms with Crippen LogP contribution < -0.4 is 0 Å². The first-order valence-corrected chi connectivity index (χ1v) is 10.7. The molecule has 2 nitrogen and oxygen atoms in total. The van der Waals surface area contributed by atoms with Crippen LogP contribution in [0.5, 0.6) is 0 Å². The number of hydrogen-bond acceptors (Lipinski definition) is 2. The molecule has 0 unspecified atom stereocenters. The third kappa shape index (κ3) is 4.16. The predicted octanol–water partition coefficient (Wildman–Crippen LogP) is 5.08. The third-order valence-electron chi connectivity index (χ3n) is 4.87. The second kappa shape index (κ2) is 7.81. The molecule has 0 saturated carbocycles. The zero-order valence-corrected chi connectivity index (χ0v) is 15.3. The molecule has 1 aromatic carbocycles. The van der Waals surface area contributed by atoms with Crippen molar-refractivity contribution in [3.05, 3.63) is 35.6 Å². The SMILES string of the molecule is CC[Si](CC)(CC)O[C@](C)(c1ccc(F)cc1)C(F)(F)CCO. The van der Waals surface area contributed by atoms with Gasteiger partial charge < -0.3 is 9.53 Å². The molecule has 0 amide bonds. The van der Waals surface area contributed by atoms with Crippen molar-refractivity contribution in [2.75, 3.05) is 6.61 Å². The average Bonchev–Trinajstić information content (AvgIpc) is 2.53. The average molecular weight is 348 g/mol. The summed E-state index contributed by atoms with van der Waals surface area (Å²) in [5.41, 5.74) is -1.64. The number of alkyl halides is 2. The first-order valence-electron chi connectivity index (χ1n) is 8.15. The molecule has 0 aliphatic rings. The molecule has 0 aromatic heterocycles. The number of benzene rings is 1. The van der Waals surface area contributed by atoms with Crippen molar-refractivity contribution >= 4 is 8.32 Å². The highest BCUT2D eigenvalue weighted by Gasteiger charge is 2.55. The molecule has 0 bridgehead atoms. The Kier molecular flexibility index (Phi) is 6.86. The second-order valence-electron chi connectivity index (χ2n) is 6.06. The molecule has 0 aliphatic heterocycles. The number of rotatable bonds is 9. The maximum Gasteiger partial charge on any atom is 0.281 e. The predicted molar refractivity (Wildman–Crippen MR) is 88.7 cm³/mol. The van der Waals surface area contributed by atoms with Crippen molar-refractivity contribution in [1.82, 2.24) is 0 Å². The lowest BCUT2D eigenvalue weighted by atomic mass is 9.87. The van der Waals surface area contributed by atoms with E-state index in [9.17, 15) is 13.2 Å². The second-order valence-corrected chi connectivity index (χ2v) is 10.8. The van der Waals surface area contributed by atoms with Gasteiger partial charge in [0.2, 0.25) is 0 Å². The van der Waals surface area contributed by atoms with E-state index in [4.69, 9.17) is 9.53 Å². The van der Waals surface area contributed by atoms with Crippen molar-refractivity contribution in [1.29, 1.82) is 0 Å². The molecule has 1 aromatic rings. The van der Waals surface area contributed by atoms with E-state index in [1.807, 2.05) is 20.8 Å². The molecule has 0 heterocycles. The lowest BCUT2D eigenvalue weighted by molar-refractivity contribution is -0.176. The number of hydrogen-bond donors (Lipinski definition) is 1. The molecule has 0 saturated heterocycles. The summed E-state index contributed by atoms with van der Waals surface area (Å²) in [6, 6.07) is 7.21. The monoisotopic (exact) mass is 348 g/mol. The van der Waals surface area contributed by atoms with E-state index < -0.39 is 38.7 Å². The van der Waals surface area contributed by atoms with Gasteiger partial charge in [-0.3, -0.25) is 0 Å². The van der Waals surface area contributed by atoms with E-state index in [1.165, 1.54) is 31.2 Å². The topological polar surface area (TPSA) is 29.5 Å². The maximum absolute atomic E-state index is 14.8. The summed E-state index contributed by atoms with van der Waals surface area (Å²) in [5, 5.41) is 9.04. The van der Waals surface area contributed by atoms with Crippen LogP contribution in [0.25, 0.3) is 0 Å². The van der Waals surface area contributed by atoms with E-state index in [-0.39, 0.29) is 5.56 Å². The summed E-state index contributed by atoms with van der Waals surface area (Å²) in [7, 11) is -2.34. The quantitative estimate of drug-likeness (QED) is 0.631. The van der Waals surface area contributed by atoms with Crippen molar-refractivity contribution in [2.45, 2.75) is 63.8 Å². The van der Waals surface area contributed by atoms with Gasteiger partial charge in [0.05, 0.1) is 0 Å². The number of aliphatic hydroxyl groups excluding tert-OH is 1. The minimum absolute atomic E-state index is 0.240. The van der Waals surface area contributed by atoms with Crippen LogP contribution in [0.4, 0.5) is 13.2 Å². The Bertz CT molecular complexity index is 481. The van der Waals surface area contributed by atoms with Crippen LogP contribution in [0.15, 0.2) is 24.3 Å². The summed E-state index contributed by atoms with van der Waals surface area (Å²) in [5.74, 6) is -3.73. The Morgan fingerprint density at radius 2 is 1.52 bits per heavy atom. The molecular formula is C17H27F3O2Si. The van der Waals surface area contributed by atoms with Gasteiger partial charge in [-0.25, -0.2) is 13.2 Å². The molecule has 132 valence electrons. The van der Waals surface area contributed by atoms with Gasteiger partial charge in [-0.1, -0.05) is 32.9 Å². The molecule has 0 radical (unpaired) electrons. The van der Waals surface area contributed by atoms with Crippen molar-refractivity contribution in [3.8, 4) is 0 Å². The molecule has 0 fully saturated rings. The van der Waals surface area contributed by atoms with Gasteiger partial charge in [-0.05, 0) is 42.8 Å². The van der Waals surface area contributed by atoms with Gasteiger partial charge in [0.25, 0.3) is 5.92 Å². The molecule has 1 N–H and O–H groups in total. The summed E-state index contributed by atoms with van der Waals surface area (Å²) in [6.45, 7) is 6.63. The maximum atomic E-state index is 14.8. The summed E-state index contributed by atoms with van der Waals surface area (Å²) >= 11 is 0. The smallest absolute Gasteiger partial charge is 0.281 e. The highest BCUT2D eigenvalue weighted by molar-refractivity contribution is 6.73.